The van der Waals surface area contributed by atoms with Crippen molar-refractivity contribution >= 4 is 15.6 Å². The predicted molar refractivity (Wildman–Crippen MR) is 37.1 cm³/mol. The predicted octanol–water partition coefficient (Wildman–Crippen LogP) is 0.110. The minimum absolute atomic E-state index is 0.106. The Bertz CT molecular complexity index is 103. The summed E-state index contributed by atoms with van der Waals surface area (Å²) in [5, 5.41) is 0. The van der Waals surface area contributed by atoms with Crippen molar-refractivity contribution in [2.75, 3.05) is 0 Å². The Balaban J connectivity index is 3.69. The van der Waals surface area contributed by atoms with Crippen LogP contribution >= 0.6 is 0 Å². The largest absolute Gasteiger partial charge is 0.353 e. The van der Waals surface area contributed by atoms with Gasteiger partial charge in [0.15, 0.2) is 0 Å². The Kier molecular flexibility index (Phi) is 3.19. The highest BCUT2D eigenvalue weighted by molar-refractivity contribution is 6.35. The van der Waals surface area contributed by atoms with Gasteiger partial charge in [-0.25, -0.2) is 0 Å². The van der Waals surface area contributed by atoms with Gasteiger partial charge in [0, 0.05) is 6.92 Å². The molecule has 0 heterocycles. The van der Waals surface area contributed by atoms with Crippen molar-refractivity contribution in [3.8, 4) is 0 Å². The van der Waals surface area contributed by atoms with Gasteiger partial charge in [-0.2, -0.15) is 0 Å². The van der Waals surface area contributed by atoms with Gasteiger partial charge in [-0.15, -0.1) is 0 Å². The molecule has 0 aliphatic heterocycles. The van der Waals surface area contributed by atoms with Crippen LogP contribution in [0.5, 0.6) is 0 Å². The molecule has 0 rings (SSSR count). The third-order valence-electron chi connectivity index (χ3n) is 0.966. The van der Waals surface area contributed by atoms with Crippen LogP contribution in [0.15, 0.2) is 12.8 Å². The molecular weight excluding hydrogens is 118 g/mol. The first-order valence-corrected chi connectivity index (χ1v) is 4.66. The second-order valence-corrected chi connectivity index (χ2v) is 2.80. The van der Waals surface area contributed by atoms with Gasteiger partial charge in [0.2, 0.25) is 5.91 Å². The van der Waals surface area contributed by atoms with E-state index >= 15 is 0 Å². The Morgan fingerprint density at radius 1 is 1.88 bits per heavy atom. The van der Waals surface area contributed by atoms with Gasteiger partial charge in [0.05, 0.1) is 0 Å². The van der Waals surface area contributed by atoms with Crippen molar-refractivity contribution in [2.45, 2.75) is 13.5 Å². The lowest BCUT2D eigenvalue weighted by molar-refractivity contribution is -0.122. The summed E-state index contributed by atoms with van der Waals surface area (Å²) in [7, 11) is -0.354. The van der Waals surface area contributed by atoms with E-state index in [1.165, 1.54) is 0 Å². The zero-order valence-electron chi connectivity index (χ0n) is 5.35. The van der Waals surface area contributed by atoms with Crippen LogP contribution in [-0.4, -0.2) is 20.2 Å². The lowest BCUT2D eigenvalue weighted by atomic mass is 10.7. The van der Waals surface area contributed by atoms with E-state index in [2.05, 4.69) is 6.58 Å². The van der Waals surface area contributed by atoms with Crippen molar-refractivity contribution in [1.82, 2.24) is 4.57 Å². The van der Waals surface area contributed by atoms with E-state index in [1.54, 1.807) is 17.7 Å². The minimum atomic E-state index is -0.354. The molecule has 0 N–H and O–H groups in total. The van der Waals surface area contributed by atoms with Crippen molar-refractivity contribution < 1.29 is 4.79 Å². The number of amides is 1. The standard InChI is InChI=1S/C5H11NOSi/c1-4-6(8-3)5(2)7/h4H,1,8H2,2-3H3. The summed E-state index contributed by atoms with van der Waals surface area (Å²) >= 11 is 0. The quantitative estimate of drug-likeness (QED) is 0.485. The lowest BCUT2D eigenvalue weighted by Crippen LogP contribution is -2.24. The third kappa shape index (κ3) is 1.93. The van der Waals surface area contributed by atoms with Gasteiger partial charge in [0.1, 0.15) is 9.68 Å². The van der Waals surface area contributed by atoms with Crippen LogP contribution in [0, 0.1) is 0 Å². The molecule has 0 radical (unpaired) electrons. The number of carbonyl (C=O) groups is 1. The summed E-state index contributed by atoms with van der Waals surface area (Å²) in [6.45, 7) is 7.09. The Morgan fingerprint density at radius 3 is 2.38 bits per heavy atom. The fourth-order valence-corrected chi connectivity index (χ4v) is 1.18. The summed E-state index contributed by atoms with van der Waals surface area (Å²) in [5.74, 6) is 0.106. The molecule has 46 valence electrons. The molecule has 0 aromatic heterocycles. The van der Waals surface area contributed by atoms with E-state index in [1.807, 2.05) is 6.55 Å². The maximum absolute atomic E-state index is 10.5. The number of carbonyl (C=O) groups excluding carboxylic acids is 1. The summed E-state index contributed by atoms with van der Waals surface area (Å²) in [6, 6.07) is 0. The van der Waals surface area contributed by atoms with Crippen LogP contribution in [0.2, 0.25) is 6.55 Å². The summed E-state index contributed by atoms with van der Waals surface area (Å²) in [5.41, 5.74) is 0. The number of hydrogen-bond acceptors (Lipinski definition) is 1. The van der Waals surface area contributed by atoms with Gasteiger partial charge < -0.3 is 4.57 Å². The molecule has 0 aliphatic rings. The molecule has 3 heteroatoms. The van der Waals surface area contributed by atoms with E-state index in [-0.39, 0.29) is 15.6 Å². The molecule has 0 fully saturated rings. The highest BCUT2D eigenvalue weighted by Crippen LogP contribution is 1.83. The fraction of sp³-hybridized carbons (Fsp3) is 0.400. The Labute approximate surface area is 52.1 Å². The van der Waals surface area contributed by atoms with E-state index < -0.39 is 0 Å². The van der Waals surface area contributed by atoms with Gasteiger partial charge in [-0.05, 0) is 6.20 Å². The second-order valence-electron chi connectivity index (χ2n) is 1.49. The lowest BCUT2D eigenvalue weighted by Gasteiger charge is -2.10. The van der Waals surface area contributed by atoms with Gasteiger partial charge in [-0.1, -0.05) is 13.1 Å². The zero-order valence-corrected chi connectivity index (χ0v) is 6.76. The minimum Gasteiger partial charge on any atom is -0.353 e. The number of nitrogens with zero attached hydrogens (tertiary/aromatic N) is 1. The van der Waals surface area contributed by atoms with Crippen LogP contribution in [0.3, 0.4) is 0 Å². The normalized spacial score (nSPS) is 9.75. The molecule has 0 aromatic carbocycles. The molecule has 0 aliphatic carbocycles. The number of hydrogen-bond donors (Lipinski definition) is 0. The van der Waals surface area contributed by atoms with Crippen LogP contribution in [0.4, 0.5) is 0 Å². The maximum Gasteiger partial charge on any atom is 0.215 e. The van der Waals surface area contributed by atoms with Crippen molar-refractivity contribution in [2.24, 2.45) is 0 Å². The molecular formula is C5H11NOSi. The summed E-state index contributed by atoms with van der Waals surface area (Å²) < 4.78 is 1.68. The van der Waals surface area contributed by atoms with Gasteiger partial charge in [0.25, 0.3) is 0 Å². The zero-order chi connectivity index (χ0) is 6.57. The van der Waals surface area contributed by atoms with Gasteiger partial charge >= 0.3 is 0 Å². The molecule has 2 nitrogen and oxygen atoms in total. The van der Waals surface area contributed by atoms with Crippen LogP contribution in [0.1, 0.15) is 6.92 Å². The average molecular weight is 129 g/mol. The average Bonchev–Trinajstić information content (AvgIpc) is 1.69. The highest BCUT2D eigenvalue weighted by atomic mass is 28.2. The molecule has 8 heavy (non-hydrogen) atoms. The first-order chi connectivity index (χ1) is 3.72. The van der Waals surface area contributed by atoms with E-state index in [4.69, 9.17) is 0 Å². The van der Waals surface area contributed by atoms with Crippen molar-refractivity contribution in [3.63, 3.8) is 0 Å². The molecule has 0 saturated carbocycles. The molecule has 0 spiro atoms. The highest BCUT2D eigenvalue weighted by Gasteiger charge is 1.97. The SMILES string of the molecule is C=CN([SiH2]C)C(C)=O. The van der Waals surface area contributed by atoms with Crippen molar-refractivity contribution in [1.29, 1.82) is 0 Å². The van der Waals surface area contributed by atoms with Crippen LogP contribution < -0.4 is 0 Å². The van der Waals surface area contributed by atoms with Crippen LogP contribution in [-0.2, 0) is 4.79 Å². The maximum atomic E-state index is 10.5. The summed E-state index contributed by atoms with van der Waals surface area (Å²) in [4.78, 5) is 10.5. The monoisotopic (exact) mass is 129 g/mol. The van der Waals surface area contributed by atoms with Crippen LogP contribution in [0.25, 0.3) is 0 Å². The molecule has 0 aromatic rings. The molecule has 0 atom stereocenters. The van der Waals surface area contributed by atoms with E-state index in [0.29, 0.717) is 0 Å². The van der Waals surface area contributed by atoms with Gasteiger partial charge in [-0.3, -0.25) is 4.79 Å². The fourth-order valence-electron chi connectivity index (χ4n) is 0.480. The summed E-state index contributed by atoms with van der Waals surface area (Å²) in [6.07, 6.45) is 1.59. The third-order valence-corrected chi connectivity index (χ3v) is 2.35. The number of rotatable bonds is 2. The van der Waals surface area contributed by atoms with E-state index in [0.717, 1.165) is 0 Å². The Hall–Kier alpha value is -0.573. The van der Waals surface area contributed by atoms with Crippen molar-refractivity contribution in [3.05, 3.63) is 12.8 Å². The second kappa shape index (κ2) is 3.43. The molecule has 1 amide bonds. The topological polar surface area (TPSA) is 20.3 Å². The Morgan fingerprint density at radius 2 is 2.38 bits per heavy atom. The molecule has 0 saturated heterocycles. The first-order valence-electron chi connectivity index (χ1n) is 2.62. The molecule has 0 unspecified atom stereocenters. The van der Waals surface area contributed by atoms with E-state index in [9.17, 15) is 4.79 Å². The first kappa shape index (κ1) is 7.43. The molecule has 0 bridgehead atoms. The smallest absolute Gasteiger partial charge is 0.215 e.